The predicted molar refractivity (Wildman–Crippen MR) is 74.3 cm³/mol. The van der Waals surface area contributed by atoms with E-state index in [2.05, 4.69) is 19.1 Å². The van der Waals surface area contributed by atoms with Crippen LogP contribution in [0.3, 0.4) is 0 Å². The Balaban J connectivity index is 2.60. The Labute approximate surface area is 108 Å². The minimum atomic E-state index is 0.305. The summed E-state index contributed by atoms with van der Waals surface area (Å²) >= 11 is 0. The molecule has 0 saturated heterocycles. The molecule has 0 aliphatic heterocycles. The van der Waals surface area contributed by atoms with Crippen molar-refractivity contribution in [1.82, 2.24) is 0 Å². The third-order valence-electron chi connectivity index (χ3n) is 3.24. The Morgan fingerprint density at radius 2 is 1.50 bits per heavy atom. The molecule has 0 unspecified atom stereocenters. The van der Waals surface area contributed by atoms with E-state index in [4.69, 9.17) is 4.74 Å². The smallest absolute Gasteiger partial charge is 0.122 e. The number of ether oxygens (including phenoxy) is 1. The second-order valence-electron chi connectivity index (χ2n) is 4.64. The van der Waals surface area contributed by atoms with Gasteiger partial charge in [0, 0.05) is 0 Å². The van der Waals surface area contributed by atoms with Crippen molar-refractivity contribution in [3.05, 3.63) is 47.0 Å². The van der Waals surface area contributed by atoms with Gasteiger partial charge in [-0.2, -0.15) is 0 Å². The fourth-order valence-electron chi connectivity index (χ4n) is 2.25. The van der Waals surface area contributed by atoms with Crippen LogP contribution in [0.1, 0.15) is 16.7 Å². The maximum atomic E-state index is 9.47. The molecule has 2 rings (SSSR count). The second kappa shape index (κ2) is 4.73. The number of hydrogen-bond acceptors (Lipinski definition) is 2. The van der Waals surface area contributed by atoms with E-state index in [1.165, 1.54) is 11.1 Å². The molecular weight excluding hydrogens is 224 g/mol. The fraction of sp³-hybridized carbons (Fsp3) is 0.250. The molecule has 0 aliphatic rings. The summed E-state index contributed by atoms with van der Waals surface area (Å²) in [6, 6.07) is 9.65. The molecule has 0 bridgehead atoms. The van der Waals surface area contributed by atoms with Crippen LogP contribution in [0.25, 0.3) is 11.1 Å². The second-order valence-corrected chi connectivity index (χ2v) is 4.64. The van der Waals surface area contributed by atoms with Crippen molar-refractivity contribution in [1.29, 1.82) is 0 Å². The van der Waals surface area contributed by atoms with Crippen molar-refractivity contribution < 1.29 is 9.84 Å². The highest BCUT2D eigenvalue weighted by atomic mass is 16.5. The minimum absolute atomic E-state index is 0.305. The molecule has 0 atom stereocenters. The van der Waals surface area contributed by atoms with Crippen molar-refractivity contribution in [3.8, 4) is 22.6 Å². The number of phenols is 1. The van der Waals surface area contributed by atoms with Crippen LogP contribution < -0.4 is 4.74 Å². The molecule has 0 spiro atoms. The van der Waals surface area contributed by atoms with Crippen LogP contribution in [0.2, 0.25) is 0 Å². The molecule has 2 aromatic carbocycles. The average molecular weight is 242 g/mol. The summed E-state index contributed by atoms with van der Waals surface area (Å²) in [6.07, 6.45) is 0. The molecule has 0 radical (unpaired) electrons. The van der Waals surface area contributed by atoms with Gasteiger partial charge >= 0.3 is 0 Å². The highest BCUT2D eigenvalue weighted by Crippen LogP contribution is 2.33. The third kappa shape index (κ3) is 2.19. The summed E-state index contributed by atoms with van der Waals surface area (Å²) in [5.74, 6) is 1.21. The van der Waals surface area contributed by atoms with E-state index >= 15 is 0 Å². The lowest BCUT2D eigenvalue weighted by atomic mass is 9.94. The van der Waals surface area contributed by atoms with Crippen LogP contribution in [-0.4, -0.2) is 12.2 Å². The van der Waals surface area contributed by atoms with Gasteiger partial charge in [0.25, 0.3) is 0 Å². The molecule has 2 heteroatoms. The zero-order valence-electron chi connectivity index (χ0n) is 11.2. The number of phenolic OH excluding ortho intramolecular Hbond substituents is 1. The zero-order valence-corrected chi connectivity index (χ0v) is 11.2. The van der Waals surface area contributed by atoms with Crippen LogP contribution >= 0.6 is 0 Å². The monoisotopic (exact) mass is 242 g/mol. The molecule has 0 aromatic heterocycles. The first-order valence-corrected chi connectivity index (χ1v) is 5.98. The lowest BCUT2D eigenvalue weighted by molar-refractivity contribution is 0.411. The summed E-state index contributed by atoms with van der Waals surface area (Å²) in [4.78, 5) is 0. The first-order valence-electron chi connectivity index (χ1n) is 5.98. The van der Waals surface area contributed by atoms with Crippen LogP contribution in [0.15, 0.2) is 30.3 Å². The Morgan fingerprint density at radius 3 is 2.11 bits per heavy atom. The van der Waals surface area contributed by atoms with E-state index < -0.39 is 0 Å². The van der Waals surface area contributed by atoms with Crippen molar-refractivity contribution in [2.45, 2.75) is 20.8 Å². The molecule has 0 saturated carbocycles. The van der Waals surface area contributed by atoms with Crippen LogP contribution in [0.5, 0.6) is 11.5 Å². The van der Waals surface area contributed by atoms with Crippen molar-refractivity contribution >= 4 is 0 Å². The van der Waals surface area contributed by atoms with E-state index in [1.54, 1.807) is 19.2 Å². The van der Waals surface area contributed by atoms with E-state index in [-0.39, 0.29) is 0 Å². The SMILES string of the molecule is COc1cc(C)c(-c2ccc(O)cc2C)cc1C. The highest BCUT2D eigenvalue weighted by Gasteiger charge is 2.09. The molecular formula is C16H18O2. The average Bonchev–Trinajstić information content (AvgIpc) is 2.32. The van der Waals surface area contributed by atoms with Gasteiger partial charge < -0.3 is 9.84 Å². The number of hydrogen-bond donors (Lipinski definition) is 1. The van der Waals surface area contributed by atoms with Crippen molar-refractivity contribution in [3.63, 3.8) is 0 Å². The number of aryl methyl sites for hydroxylation is 3. The Kier molecular flexibility index (Phi) is 3.28. The zero-order chi connectivity index (χ0) is 13.3. The van der Waals surface area contributed by atoms with Gasteiger partial charge in [-0.15, -0.1) is 0 Å². The normalized spacial score (nSPS) is 10.4. The van der Waals surface area contributed by atoms with Gasteiger partial charge in [0.1, 0.15) is 11.5 Å². The van der Waals surface area contributed by atoms with Crippen molar-refractivity contribution in [2.75, 3.05) is 7.11 Å². The first kappa shape index (κ1) is 12.5. The van der Waals surface area contributed by atoms with Crippen LogP contribution in [0, 0.1) is 20.8 Å². The van der Waals surface area contributed by atoms with Gasteiger partial charge in [-0.1, -0.05) is 6.07 Å². The standard InChI is InChI=1S/C16H18O2/c1-10-7-13(17)5-6-14(10)15-8-12(3)16(18-4)9-11(15)2/h5-9,17H,1-4H3. The maximum Gasteiger partial charge on any atom is 0.122 e. The topological polar surface area (TPSA) is 29.5 Å². The maximum absolute atomic E-state index is 9.47. The summed E-state index contributed by atoms with van der Waals surface area (Å²) in [6.45, 7) is 6.12. The molecule has 2 aromatic rings. The molecule has 94 valence electrons. The van der Waals surface area contributed by atoms with E-state index in [0.717, 1.165) is 22.4 Å². The van der Waals surface area contributed by atoms with Crippen LogP contribution in [-0.2, 0) is 0 Å². The molecule has 0 fully saturated rings. The van der Waals surface area contributed by atoms with E-state index in [9.17, 15) is 5.11 Å². The number of aromatic hydroxyl groups is 1. The first-order chi connectivity index (χ1) is 8.52. The van der Waals surface area contributed by atoms with E-state index in [1.807, 2.05) is 19.9 Å². The summed E-state index contributed by atoms with van der Waals surface area (Å²) in [5.41, 5.74) is 5.70. The molecule has 0 heterocycles. The summed E-state index contributed by atoms with van der Waals surface area (Å²) in [7, 11) is 1.69. The number of benzene rings is 2. The molecule has 2 nitrogen and oxygen atoms in total. The summed E-state index contributed by atoms with van der Waals surface area (Å²) in [5, 5.41) is 9.47. The van der Waals surface area contributed by atoms with Crippen molar-refractivity contribution in [2.24, 2.45) is 0 Å². The number of methoxy groups -OCH3 is 1. The third-order valence-corrected chi connectivity index (χ3v) is 3.24. The van der Waals surface area contributed by atoms with Crippen LogP contribution in [0.4, 0.5) is 0 Å². The molecule has 18 heavy (non-hydrogen) atoms. The fourth-order valence-corrected chi connectivity index (χ4v) is 2.25. The van der Waals surface area contributed by atoms with Gasteiger partial charge in [-0.3, -0.25) is 0 Å². The molecule has 0 amide bonds. The van der Waals surface area contributed by atoms with Gasteiger partial charge in [0.2, 0.25) is 0 Å². The number of rotatable bonds is 2. The van der Waals surface area contributed by atoms with Gasteiger partial charge in [-0.25, -0.2) is 0 Å². The minimum Gasteiger partial charge on any atom is -0.508 e. The lowest BCUT2D eigenvalue weighted by Crippen LogP contribution is -1.92. The molecule has 1 N–H and O–H groups in total. The quantitative estimate of drug-likeness (QED) is 0.862. The Bertz CT molecular complexity index is 586. The molecule has 0 aliphatic carbocycles. The van der Waals surface area contributed by atoms with Gasteiger partial charge in [0.05, 0.1) is 7.11 Å². The Hall–Kier alpha value is -1.96. The Morgan fingerprint density at radius 1 is 0.833 bits per heavy atom. The van der Waals surface area contributed by atoms with Gasteiger partial charge in [0.15, 0.2) is 0 Å². The predicted octanol–water partition coefficient (Wildman–Crippen LogP) is 3.99. The highest BCUT2D eigenvalue weighted by molar-refractivity contribution is 5.73. The largest absolute Gasteiger partial charge is 0.508 e. The lowest BCUT2D eigenvalue weighted by Gasteiger charge is -2.13. The van der Waals surface area contributed by atoms with E-state index in [0.29, 0.717) is 5.75 Å². The summed E-state index contributed by atoms with van der Waals surface area (Å²) < 4.78 is 5.33. The van der Waals surface area contributed by atoms with Gasteiger partial charge in [-0.05, 0) is 72.9 Å².